The van der Waals surface area contributed by atoms with Gasteiger partial charge in [-0.15, -0.1) is 0 Å². The minimum absolute atomic E-state index is 0.0926. The van der Waals surface area contributed by atoms with Crippen LogP contribution in [0.25, 0.3) is 16.6 Å². The van der Waals surface area contributed by atoms with E-state index in [1.54, 1.807) is 18.2 Å². The number of aromatic carboxylic acids is 1. The molecule has 104 valence electrons. The maximum Gasteiger partial charge on any atom is 0.356 e. The van der Waals surface area contributed by atoms with Crippen LogP contribution in [0, 0.1) is 10.1 Å². The lowest BCUT2D eigenvalue weighted by atomic mass is 10.2. The molecule has 1 N–H and O–H groups in total. The summed E-state index contributed by atoms with van der Waals surface area (Å²) in [5.74, 6) is -1.19. The summed E-state index contributed by atoms with van der Waals surface area (Å²) in [6.07, 6.45) is 2.87. The molecule has 8 heteroatoms. The van der Waals surface area contributed by atoms with Crippen LogP contribution < -0.4 is 0 Å². The van der Waals surface area contributed by atoms with Crippen molar-refractivity contribution in [2.75, 3.05) is 0 Å². The van der Waals surface area contributed by atoms with Crippen LogP contribution >= 0.6 is 0 Å². The van der Waals surface area contributed by atoms with Crippen LogP contribution in [0.4, 0.5) is 5.69 Å². The first-order valence-electron chi connectivity index (χ1n) is 5.89. The van der Waals surface area contributed by atoms with Crippen molar-refractivity contribution in [3.05, 3.63) is 58.5 Å². The Labute approximate surface area is 117 Å². The molecule has 2 aromatic heterocycles. The average molecular weight is 284 g/mol. The van der Waals surface area contributed by atoms with Gasteiger partial charge < -0.3 is 5.11 Å². The van der Waals surface area contributed by atoms with Crippen molar-refractivity contribution in [3.8, 4) is 5.69 Å². The molecular weight excluding hydrogens is 276 g/mol. The number of nitro groups is 1. The average Bonchev–Trinajstić information content (AvgIpc) is 2.89. The number of carboxylic acids is 1. The van der Waals surface area contributed by atoms with Gasteiger partial charge in [0.15, 0.2) is 5.69 Å². The fourth-order valence-corrected chi connectivity index (χ4v) is 2.04. The van der Waals surface area contributed by atoms with Gasteiger partial charge >= 0.3 is 5.97 Å². The molecule has 0 bridgehead atoms. The first-order chi connectivity index (χ1) is 10.1. The number of hydrogen-bond donors (Lipinski definition) is 1. The Balaban J connectivity index is 2.28. The molecule has 0 spiro atoms. The van der Waals surface area contributed by atoms with Gasteiger partial charge in [0.2, 0.25) is 0 Å². The van der Waals surface area contributed by atoms with Crippen LogP contribution in [-0.2, 0) is 0 Å². The third-order valence-corrected chi connectivity index (χ3v) is 2.98. The fourth-order valence-electron chi connectivity index (χ4n) is 2.04. The zero-order valence-corrected chi connectivity index (χ0v) is 10.5. The Morgan fingerprint density at radius 3 is 2.86 bits per heavy atom. The normalized spacial score (nSPS) is 10.7. The van der Waals surface area contributed by atoms with Gasteiger partial charge in [-0.2, -0.15) is 5.10 Å². The van der Waals surface area contributed by atoms with Crippen molar-refractivity contribution >= 4 is 22.6 Å². The van der Waals surface area contributed by atoms with Crippen molar-refractivity contribution in [2.24, 2.45) is 0 Å². The molecule has 0 fully saturated rings. The number of nitro benzene ring substituents is 1. The van der Waals surface area contributed by atoms with Crippen molar-refractivity contribution < 1.29 is 14.8 Å². The molecule has 0 unspecified atom stereocenters. The fraction of sp³-hybridized carbons (Fsp3) is 0. The molecule has 3 aromatic rings. The van der Waals surface area contributed by atoms with Gasteiger partial charge in [0, 0.05) is 23.7 Å². The summed E-state index contributed by atoms with van der Waals surface area (Å²) < 4.78 is 1.33. The zero-order chi connectivity index (χ0) is 15.0. The molecular formula is C13H8N4O4. The molecule has 2 heterocycles. The molecule has 0 saturated carbocycles. The highest BCUT2D eigenvalue weighted by Gasteiger charge is 2.17. The first-order valence-corrected chi connectivity index (χ1v) is 5.89. The van der Waals surface area contributed by atoms with Crippen molar-refractivity contribution in [1.82, 2.24) is 14.8 Å². The predicted molar refractivity (Wildman–Crippen MR) is 72.5 cm³/mol. The second-order valence-electron chi connectivity index (χ2n) is 4.23. The number of carboxylic acid groups (broad SMARTS) is 1. The number of fused-ring (bicyclic) bond motifs is 1. The van der Waals surface area contributed by atoms with Crippen LogP contribution in [0.15, 0.2) is 42.7 Å². The second-order valence-corrected chi connectivity index (χ2v) is 4.23. The van der Waals surface area contributed by atoms with E-state index in [1.165, 1.54) is 29.2 Å². The maximum atomic E-state index is 11.2. The van der Waals surface area contributed by atoms with Crippen LogP contribution in [-0.4, -0.2) is 30.8 Å². The molecule has 1 aromatic carbocycles. The minimum atomic E-state index is -1.19. The van der Waals surface area contributed by atoms with Crippen LogP contribution in [0.2, 0.25) is 0 Å². The topological polar surface area (TPSA) is 111 Å². The number of pyridine rings is 1. The predicted octanol–water partition coefficient (Wildman–Crippen LogP) is 2.03. The lowest BCUT2D eigenvalue weighted by Gasteiger charge is -2.06. The largest absolute Gasteiger partial charge is 0.476 e. The summed E-state index contributed by atoms with van der Waals surface area (Å²) >= 11 is 0. The van der Waals surface area contributed by atoms with E-state index >= 15 is 0 Å². The summed E-state index contributed by atoms with van der Waals surface area (Å²) in [6, 6.07) is 7.40. The van der Waals surface area contributed by atoms with Crippen LogP contribution in [0.5, 0.6) is 0 Å². The lowest BCUT2D eigenvalue weighted by Crippen LogP contribution is -2.08. The highest BCUT2D eigenvalue weighted by molar-refractivity contribution is 5.91. The number of rotatable bonds is 3. The number of carbonyl (C=O) groups is 1. The number of benzene rings is 1. The number of hydrogen-bond acceptors (Lipinski definition) is 5. The van der Waals surface area contributed by atoms with E-state index in [2.05, 4.69) is 10.1 Å². The lowest BCUT2D eigenvalue weighted by molar-refractivity contribution is -0.384. The summed E-state index contributed by atoms with van der Waals surface area (Å²) in [7, 11) is 0. The standard InChI is InChI=1S/C13H8N4O4/c18-13(19)12-10(2-1-5-14-12)16-11-6-9(17(20)21)4-3-8(11)7-15-16/h1-7H,(H,18,19). The molecule has 21 heavy (non-hydrogen) atoms. The third-order valence-electron chi connectivity index (χ3n) is 2.98. The second kappa shape index (κ2) is 4.67. The SMILES string of the molecule is O=C(O)c1ncccc1-n1ncc2ccc([N+](=O)[O-])cc21. The smallest absolute Gasteiger partial charge is 0.356 e. The summed E-state index contributed by atoms with van der Waals surface area (Å²) in [5, 5.41) is 24.8. The first kappa shape index (κ1) is 12.7. The number of non-ortho nitro benzene ring substituents is 1. The van der Waals surface area contributed by atoms with Gasteiger partial charge in [-0.05, 0) is 18.2 Å². The van der Waals surface area contributed by atoms with Gasteiger partial charge in [0.05, 0.1) is 22.3 Å². The quantitative estimate of drug-likeness (QED) is 0.581. The van der Waals surface area contributed by atoms with Gasteiger partial charge in [-0.3, -0.25) is 10.1 Å². The maximum absolute atomic E-state index is 11.2. The highest BCUT2D eigenvalue weighted by Crippen LogP contribution is 2.24. The van der Waals surface area contributed by atoms with Crippen LogP contribution in [0.3, 0.4) is 0 Å². The Morgan fingerprint density at radius 1 is 1.33 bits per heavy atom. The van der Waals surface area contributed by atoms with Gasteiger partial charge in [-0.25, -0.2) is 14.5 Å². The molecule has 0 aliphatic rings. The van der Waals surface area contributed by atoms with E-state index in [0.29, 0.717) is 10.9 Å². The van der Waals surface area contributed by atoms with Crippen molar-refractivity contribution in [1.29, 1.82) is 0 Å². The van der Waals surface area contributed by atoms with E-state index in [0.717, 1.165) is 0 Å². The van der Waals surface area contributed by atoms with Gasteiger partial charge in [-0.1, -0.05) is 0 Å². The number of nitrogens with zero attached hydrogens (tertiary/aromatic N) is 4. The monoisotopic (exact) mass is 284 g/mol. The van der Waals surface area contributed by atoms with Crippen molar-refractivity contribution in [3.63, 3.8) is 0 Å². The van der Waals surface area contributed by atoms with E-state index in [-0.39, 0.29) is 17.1 Å². The summed E-state index contributed by atoms with van der Waals surface area (Å²) in [4.78, 5) is 25.4. The molecule has 8 nitrogen and oxygen atoms in total. The van der Waals surface area contributed by atoms with E-state index in [1.807, 2.05) is 0 Å². The Kier molecular flexibility index (Phi) is 2.83. The van der Waals surface area contributed by atoms with Crippen LogP contribution in [0.1, 0.15) is 10.5 Å². The third kappa shape index (κ3) is 2.08. The van der Waals surface area contributed by atoms with E-state index in [4.69, 9.17) is 5.11 Å². The Morgan fingerprint density at radius 2 is 2.14 bits per heavy atom. The molecule has 0 atom stereocenters. The molecule has 0 saturated heterocycles. The van der Waals surface area contributed by atoms with Gasteiger partial charge in [0.1, 0.15) is 0 Å². The molecule has 0 amide bonds. The molecule has 0 aliphatic heterocycles. The minimum Gasteiger partial charge on any atom is -0.476 e. The van der Waals surface area contributed by atoms with E-state index in [9.17, 15) is 14.9 Å². The highest BCUT2D eigenvalue weighted by atomic mass is 16.6. The molecule has 3 rings (SSSR count). The Bertz CT molecular complexity index is 871. The molecule has 0 aliphatic carbocycles. The summed E-state index contributed by atoms with van der Waals surface area (Å²) in [6.45, 7) is 0. The van der Waals surface area contributed by atoms with Gasteiger partial charge in [0.25, 0.3) is 5.69 Å². The van der Waals surface area contributed by atoms with Crippen molar-refractivity contribution in [2.45, 2.75) is 0 Å². The summed E-state index contributed by atoms with van der Waals surface area (Å²) in [5.41, 5.74) is 0.430. The zero-order valence-electron chi connectivity index (χ0n) is 10.5. The Hall–Kier alpha value is -3.29. The number of aromatic nitrogens is 3. The van der Waals surface area contributed by atoms with E-state index < -0.39 is 10.9 Å². The molecule has 0 radical (unpaired) electrons.